The molecule has 0 amide bonds. The van der Waals surface area contributed by atoms with Crippen molar-refractivity contribution in [3.63, 3.8) is 0 Å². The first-order chi connectivity index (χ1) is 11.3. The lowest BCUT2D eigenvalue weighted by Crippen LogP contribution is -2.19. The van der Waals surface area contributed by atoms with Gasteiger partial charge in [0.15, 0.2) is 0 Å². The van der Waals surface area contributed by atoms with Gasteiger partial charge in [-0.15, -0.1) is 0 Å². The van der Waals surface area contributed by atoms with Gasteiger partial charge in [0.2, 0.25) is 5.88 Å². The maximum Gasteiger partial charge on any atom is 0.265 e. The first-order valence-electron chi connectivity index (χ1n) is 7.10. The molecule has 1 N–H and O–H groups in total. The molecular weight excluding hydrogens is 292 g/mol. The van der Waals surface area contributed by atoms with E-state index in [1.807, 2.05) is 36.4 Å². The molecule has 0 bridgehead atoms. The number of aromatic nitrogens is 1. The number of hydrogen-bond donors (Lipinski definition) is 1. The van der Waals surface area contributed by atoms with Crippen molar-refractivity contribution in [2.45, 2.75) is 0 Å². The number of para-hydroxylation sites is 1. The average molecular weight is 304 g/mol. The summed E-state index contributed by atoms with van der Waals surface area (Å²) in [5.74, 6) is 0.298. The fraction of sp³-hybridized carbons (Fsp3) is 0. The van der Waals surface area contributed by atoms with Crippen LogP contribution in [0.5, 0.6) is 0 Å². The highest BCUT2D eigenvalue weighted by Crippen LogP contribution is 2.15. The second kappa shape index (κ2) is 5.14. The van der Waals surface area contributed by atoms with Gasteiger partial charge in [-0.05, 0) is 29.7 Å². The van der Waals surface area contributed by atoms with Crippen molar-refractivity contribution in [3.8, 4) is 5.88 Å². The first-order valence-corrected chi connectivity index (χ1v) is 7.10. The SMILES string of the molecule is O=c1c2ccccc2ccn1-c1cc(=NO)c2ccccc2o1. The highest BCUT2D eigenvalue weighted by Gasteiger charge is 2.09. The van der Waals surface area contributed by atoms with E-state index in [4.69, 9.17) is 4.42 Å². The number of rotatable bonds is 1. The Kier molecular flexibility index (Phi) is 2.98. The Morgan fingerprint density at radius 2 is 1.70 bits per heavy atom. The predicted molar refractivity (Wildman–Crippen MR) is 86.7 cm³/mol. The molecule has 112 valence electrons. The summed E-state index contributed by atoms with van der Waals surface area (Å²) in [5.41, 5.74) is 0.351. The molecule has 5 nitrogen and oxygen atoms in total. The molecule has 0 saturated carbocycles. The zero-order valence-corrected chi connectivity index (χ0v) is 12.0. The van der Waals surface area contributed by atoms with Crippen molar-refractivity contribution in [3.05, 3.63) is 82.6 Å². The lowest BCUT2D eigenvalue weighted by molar-refractivity contribution is 0.302. The van der Waals surface area contributed by atoms with Crippen LogP contribution in [0, 0.1) is 0 Å². The number of hydrogen-bond acceptors (Lipinski definition) is 4. The van der Waals surface area contributed by atoms with Gasteiger partial charge >= 0.3 is 0 Å². The molecule has 0 aliphatic heterocycles. The number of pyridine rings is 1. The third kappa shape index (κ3) is 2.10. The highest BCUT2D eigenvalue weighted by molar-refractivity contribution is 5.81. The van der Waals surface area contributed by atoms with E-state index < -0.39 is 0 Å². The van der Waals surface area contributed by atoms with E-state index in [0.717, 1.165) is 5.39 Å². The van der Waals surface area contributed by atoms with Gasteiger partial charge in [-0.3, -0.25) is 9.36 Å². The molecule has 4 rings (SSSR count). The molecular formula is C18H12N2O3. The lowest BCUT2D eigenvalue weighted by Gasteiger charge is -2.07. The van der Waals surface area contributed by atoms with E-state index in [2.05, 4.69) is 5.16 Å². The second-order valence-electron chi connectivity index (χ2n) is 5.14. The Morgan fingerprint density at radius 3 is 2.52 bits per heavy atom. The van der Waals surface area contributed by atoms with Crippen LogP contribution in [-0.4, -0.2) is 9.77 Å². The van der Waals surface area contributed by atoms with Crippen LogP contribution in [-0.2, 0) is 0 Å². The fourth-order valence-corrected chi connectivity index (χ4v) is 2.67. The van der Waals surface area contributed by atoms with E-state index in [0.29, 0.717) is 27.6 Å². The summed E-state index contributed by atoms with van der Waals surface area (Å²) in [6, 6.07) is 17.9. The minimum atomic E-state index is -0.189. The van der Waals surface area contributed by atoms with E-state index >= 15 is 0 Å². The maximum absolute atomic E-state index is 12.7. The fourth-order valence-electron chi connectivity index (χ4n) is 2.67. The smallest absolute Gasteiger partial charge is 0.265 e. The standard InChI is InChI=1S/C18H12N2O3/c21-18-13-6-2-1-5-12(13)9-10-20(18)17-11-15(19-22)14-7-3-4-8-16(14)23-17/h1-11,22H. The number of benzene rings is 2. The molecule has 0 atom stereocenters. The van der Waals surface area contributed by atoms with Gasteiger partial charge in [0.05, 0.1) is 0 Å². The largest absolute Gasteiger partial charge is 0.440 e. The average Bonchev–Trinajstić information content (AvgIpc) is 2.61. The molecule has 0 radical (unpaired) electrons. The second-order valence-corrected chi connectivity index (χ2v) is 5.14. The summed E-state index contributed by atoms with van der Waals surface area (Å²) < 4.78 is 7.22. The molecule has 0 unspecified atom stereocenters. The summed E-state index contributed by atoms with van der Waals surface area (Å²) in [5, 5.41) is 15.0. The summed E-state index contributed by atoms with van der Waals surface area (Å²) in [7, 11) is 0. The molecule has 23 heavy (non-hydrogen) atoms. The van der Waals surface area contributed by atoms with Crippen LogP contribution in [0.4, 0.5) is 0 Å². The quantitative estimate of drug-likeness (QED) is 0.434. The number of fused-ring (bicyclic) bond motifs is 2. The molecule has 4 aromatic rings. The summed E-state index contributed by atoms with van der Waals surface area (Å²) >= 11 is 0. The Labute approximate surface area is 130 Å². The first kappa shape index (κ1) is 13.3. The van der Waals surface area contributed by atoms with Gasteiger partial charge in [0.25, 0.3) is 5.56 Å². The molecule has 2 aromatic heterocycles. The van der Waals surface area contributed by atoms with Crippen LogP contribution in [0.15, 0.2) is 81.2 Å². The van der Waals surface area contributed by atoms with Gasteiger partial charge in [-0.2, -0.15) is 0 Å². The molecule has 5 heteroatoms. The van der Waals surface area contributed by atoms with E-state index in [-0.39, 0.29) is 5.56 Å². The van der Waals surface area contributed by atoms with Crippen molar-refractivity contribution in [1.82, 2.24) is 4.57 Å². The van der Waals surface area contributed by atoms with Crippen molar-refractivity contribution >= 4 is 21.7 Å². The molecule has 2 aromatic carbocycles. The van der Waals surface area contributed by atoms with Crippen LogP contribution >= 0.6 is 0 Å². The molecule has 0 fully saturated rings. The van der Waals surface area contributed by atoms with E-state index in [1.165, 1.54) is 4.57 Å². The van der Waals surface area contributed by atoms with Gasteiger partial charge in [-0.1, -0.05) is 35.5 Å². The van der Waals surface area contributed by atoms with E-state index in [9.17, 15) is 10.0 Å². The van der Waals surface area contributed by atoms with Crippen molar-refractivity contribution < 1.29 is 9.62 Å². The molecule has 2 heterocycles. The Bertz CT molecular complexity index is 1160. The summed E-state index contributed by atoms with van der Waals surface area (Å²) in [6.07, 6.45) is 1.65. The maximum atomic E-state index is 12.7. The zero-order valence-electron chi connectivity index (χ0n) is 12.0. The predicted octanol–water partition coefficient (Wildman–Crippen LogP) is 3.03. The Morgan fingerprint density at radius 1 is 0.957 bits per heavy atom. The van der Waals surface area contributed by atoms with Crippen LogP contribution in [0.3, 0.4) is 0 Å². The molecule has 0 saturated heterocycles. The van der Waals surface area contributed by atoms with Gasteiger partial charge in [0, 0.05) is 23.0 Å². The van der Waals surface area contributed by atoms with E-state index in [1.54, 1.807) is 30.5 Å². The Hall–Kier alpha value is -3.34. The summed E-state index contributed by atoms with van der Waals surface area (Å²) in [4.78, 5) is 12.7. The molecule has 0 aliphatic carbocycles. The highest BCUT2D eigenvalue weighted by atomic mass is 16.4. The van der Waals surface area contributed by atoms with Crippen molar-refractivity contribution in [2.75, 3.05) is 0 Å². The minimum Gasteiger partial charge on any atom is -0.440 e. The van der Waals surface area contributed by atoms with Gasteiger partial charge < -0.3 is 9.62 Å². The van der Waals surface area contributed by atoms with Crippen molar-refractivity contribution in [1.29, 1.82) is 0 Å². The van der Waals surface area contributed by atoms with Crippen LogP contribution in [0.25, 0.3) is 27.6 Å². The molecule has 0 spiro atoms. The zero-order chi connectivity index (χ0) is 15.8. The van der Waals surface area contributed by atoms with Crippen LogP contribution in [0.1, 0.15) is 0 Å². The molecule has 0 aliphatic rings. The minimum absolute atomic E-state index is 0.189. The van der Waals surface area contributed by atoms with Crippen LogP contribution < -0.4 is 10.9 Å². The number of nitrogens with zero attached hydrogens (tertiary/aromatic N) is 2. The third-order valence-electron chi connectivity index (χ3n) is 3.80. The van der Waals surface area contributed by atoms with Gasteiger partial charge in [-0.25, -0.2) is 0 Å². The van der Waals surface area contributed by atoms with Gasteiger partial charge in [0.1, 0.15) is 10.9 Å². The monoisotopic (exact) mass is 304 g/mol. The Balaban J connectivity index is 2.07. The third-order valence-corrected chi connectivity index (χ3v) is 3.80. The summed E-state index contributed by atoms with van der Waals surface area (Å²) in [6.45, 7) is 0. The van der Waals surface area contributed by atoms with Crippen LogP contribution in [0.2, 0.25) is 0 Å². The normalized spacial score (nSPS) is 12.1. The van der Waals surface area contributed by atoms with Crippen molar-refractivity contribution in [2.24, 2.45) is 5.16 Å². The lowest BCUT2D eigenvalue weighted by atomic mass is 10.2. The topological polar surface area (TPSA) is 67.7 Å².